The molecule has 1 amide bonds. The van der Waals surface area contributed by atoms with E-state index >= 15 is 0 Å². The fourth-order valence-corrected chi connectivity index (χ4v) is 2.26. The van der Waals surface area contributed by atoms with E-state index in [0.717, 1.165) is 12.1 Å². The van der Waals surface area contributed by atoms with E-state index in [1.165, 1.54) is 17.4 Å². The van der Waals surface area contributed by atoms with Gasteiger partial charge in [-0.2, -0.15) is 13.2 Å². The molecule has 0 spiro atoms. The predicted octanol–water partition coefficient (Wildman–Crippen LogP) is 4.18. The van der Waals surface area contributed by atoms with Crippen LogP contribution in [0.2, 0.25) is 0 Å². The highest BCUT2D eigenvalue weighted by atomic mass is 32.1. The summed E-state index contributed by atoms with van der Waals surface area (Å²) in [6.45, 7) is 1.71. The molecule has 0 aliphatic rings. The quantitative estimate of drug-likeness (QED) is 0.924. The summed E-state index contributed by atoms with van der Waals surface area (Å²) in [7, 11) is 0. The molecule has 1 heterocycles. The van der Waals surface area contributed by atoms with Crippen molar-refractivity contribution in [2.75, 3.05) is 5.32 Å². The molecule has 0 radical (unpaired) electrons. The monoisotopic (exact) mass is 300 g/mol. The number of anilines is 1. The van der Waals surface area contributed by atoms with Crippen molar-refractivity contribution >= 4 is 22.4 Å². The summed E-state index contributed by atoms with van der Waals surface area (Å²) in [4.78, 5) is 15.3. The minimum Gasteiger partial charge on any atom is -0.302 e. The molecule has 0 aliphatic carbocycles. The third-order valence-electron chi connectivity index (χ3n) is 2.56. The lowest BCUT2D eigenvalue weighted by molar-refractivity contribution is -0.137. The molecule has 1 N–H and O–H groups in total. The molecule has 20 heavy (non-hydrogen) atoms. The van der Waals surface area contributed by atoms with E-state index in [0.29, 0.717) is 22.8 Å². The fraction of sp³-hybridized carbons (Fsp3) is 0.231. The summed E-state index contributed by atoms with van der Waals surface area (Å²) in [6.07, 6.45) is -4.07. The number of thiazole rings is 1. The zero-order chi connectivity index (χ0) is 14.8. The maximum Gasteiger partial charge on any atom is 0.416 e. The average Bonchev–Trinajstić information content (AvgIpc) is 2.86. The van der Waals surface area contributed by atoms with Crippen LogP contribution < -0.4 is 5.32 Å². The van der Waals surface area contributed by atoms with Gasteiger partial charge in [-0.1, -0.05) is 19.1 Å². The Labute approximate surface area is 117 Å². The molecule has 106 valence electrons. The molecule has 2 aromatic rings. The first kappa shape index (κ1) is 14.5. The van der Waals surface area contributed by atoms with Crippen molar-refractivity contribution in [3.05, 3.63) is 35.2 Å². The van der Waals surface area contributed by atoms with Crippen LogP contribution in [0.25, 0.3) is 11.3 Å². The summed E-state index contributed by atoms with van der Waals surface area (Å²) >= 11 is 1.18. The number of alkyl halides is 3. The number of nitrogens with zero attached hydrogens (tertiary/aromatic N) is 1. The topological polar surface area (TPSA) is 42.0 Å². The van der Waals surface area contributed by atoms with Crippen molar-refractivity contribution in [1.82, 2.24) is 4.98 Å². The van der Waals surface area contributed by atoms with Gasteiger partial charge < -0.3 is 5.32 Å². The molecule has 0 unspecified atom stereocenters. The maximum absolute atomic E-state index is 12.6. The van der Waals surface area contributed by atoms with Crippen LogP contribution >= 0.6 is 11.3 Å². The third-order valence-corrected chi connectivity index (χ3v) is 3.32. The van der Waals surface area contributed by atoms with Crippen LogP contribution in [0.5, 0.6) is 0 Å². The largest absolute Gasteiger partial charge is 0.416 e. The number of benzene rings is 1. The molecule has 0 bridgehead atoms. The third kappa shape index (κ3) is 3.36. The highest BCUT2D eigenvalue weighted by Crippen LogP contribution is 2.33. The molecule has 2 rings (SSSR count). The van der Waals surface area contributed by atoms with Crippen LogP contribution in [0.15, 0.2) is 29.6 Å². The fourth-order valence-electron chi connectivity index (χ4n) is 1.53. The van der Waals surface area contributed by atoms with Gasteiger partial charge in [0, 0.05) is 17.4 Å². The van der Waals surface area contributed by atoms with E-state index in [4.69, 9.17) is 0 Å². The number of hydrogen-bond donors (Lipinski definition) is 1. The van der Waals surface area contributed by atoms with E-state index in [1.54, 1.807) is 18.4 Å². The molecule has 3 nitrogen and oxygen atoms in total. The van der Waals surface area contributed by atoms with Gasteiger partial charge in [0.15, 0.2) is 5.13 Å². The Bertz CT molecular complexity index is 622. The molecule has 0 atom stereocenters. The minimum absolute atomic E-state index is 0.185. The number of nitrogens with one attached hydrogen (secondary N) is 1. The van der Waals surface area contributed by atoms with Gasteiger partial charge in [-0.15, -0.1) is 11.3 Å². The van der Waals surface area contributed by atoms with E-state index in [1.807, 2.05) is 0 Å². The van der Waals surface area contributed by atoms with Crippen LogP contribution in [0.4, 0.5) is 18.3 Å². The summed E-state index contributed by atoms with van der Waals surface area (Å²) in [6, 6.07) is 4.94. The Balaban J connectivity index is 2.26. The van der Waals surface area contributed by atoms with Crippen molar-refractivity contribution < 1.29 is 18.0 Å². The number of carbonyl (C=O) groups is 1. The van der Waals surface area contributed by atoms with Crippen molar-refractivity contribution in [2.45, 2.75) is 19.5 Å². The van der Waals surface area contributed by atoms with Crippen LogP contribution in [0.3, 0.4) is 0 Å². The van der Waals surface area contributed by atoms with Gasteiger partial charge in [-0.25, -0.2) is 4.98 Å². The number of carbonyl (C=O) groups excluding carboxylic acids is 1. The summed E-state index contributed by atoms with van der Waals surface area (Å²) in [5, 5.41) is 4.56. The molecule has 1 aromatic carbocycles. The van der Waals surface area contributed by atoms with Gasteiger partial charge in [0.1, 0.15) is 0 Å². The highest BCUT2D eigenvalue weighted by Gasteiger charge is 2.30. The second kappa shape index (κ2) is 5.62. The van der Waals surface area contributed by atoms with Crippen LogP contribution in [-0.4, -0.2) is 10.9 Å². The van der Waals surface area contributed by atoms with E-state index in [9.17, 15) is 18.0 Å². The SMILES string of the molecule is CCC(=O)Nc1nc(-c2cccc(C(F)(F)F)c2)cs1. The van der Waals surface area contributed by atoms with Gasteiger partial charge in [0.2, 0.25) is 5.91 Å². The Kier molecular flexibility index (Phi) is 4.08. The minimum atomic E-state index is -4.38. The van der Waals surface area contributed by atoms with Gasteiger partial charge in [-0.3, -0.25) is 4.79 Å². The molecule has 0 saturated carbocycles. The lowest BCUT2D eigenvalue weighted by Gasteiger charge is -2.07. The second-order valence-electron chi connectivity index (χ2n) is 4.02. The van der Waals surface area contributed by atoms with Gasteiger partial charge in [0.05, 0.1) is 11.3 Å². The Morgan fingerprint density at radius 1 is 1.40 bits per heavy atom. The highest BCUT2D eigenvalue weighted by molar-refractivity contribution is 7.14. The predicted molar refractivity (Wildman–Crippen MR) is 71.5 cm³/mol. The summed E-state index contributed by atoms with van der Waals surface area (Å²) in [5.41, 5.74) is 0.0581. The van der Waals surface area contributed by atoms with Gasteiger partial charge >= 0.3 is 6.18 Å². The second-order valence-corrected chi connectivity index (χ2v) is 4.88. The molecular formula is C13H11F3N2OS. The molecule has 0 aliphatic heterocycles. The van der Waals surface area contributed by atoms with Crippen molar-refractivity contribution in [1.29, 1.82) is 0 Å². The van der Waals surface area contributed by atoms with Crippen LogP contribution in [0.1, 0.15) is 18.9 Å². The van der Waals surface area contributed by atoms with Gasteiger partial charge in [-0.05, 0) is 12.1 Å². The Morgan fingerprint density at radius 3 is 2.80 bits per heavy atom. The number of halogens is 3. The molecular weight excluding hydrogens is 289 g/mol. The first-order valence-corrected chi connectivity index (χ1v) is 6.71. The molecule has 7 heteroatoms. The molecule has 1 aromatic heterocycles. The van der Waals surface area contributed by atoms with Crippen molar-refractivity contribution in [3.8, 4) is 11.3 Å². The number of hydrogen-bond acceptors (Lipinski definition) is 3. The maximum atomic E-state index is 12.6. The Hall–Kier alpha value is -1.89. The van der Waals surface area contributed by atoms with Crippen molar-refractivity contribution in [2.24, 2.45) is 0 Å². The first-order valence-electron chi connectivity index (χ1n) is 5.83. The molecule has 0 saturated heterocycles. The summed E-state index contributed by atoms with van der Waals surface area (Å²) in [5.74, 6) is -0.185. The smallest absolute Gasteiger partial charge is 0.302 e. The summed E-state index contributed by atoms with van der Waals surface area (Å²) < 4.78 is 37.9. The number of rotatable bonds is 3. The number of aromatic nitrogens is 1. The standard InChI is InChI=1S/C13H11F3N2OS/c1-2-11(19)18-12-17-10(7-20-12)8-4-3-5-9(6-8)13(14,15)16/h3-7H,2H2,1H3,(H,17,18,19). The molecule has 0 fully saturated rings. The lowest BCUT2D eigenvalue weighted by atomic mass is 10.1. The lowest BCUT2D eigenvalue weighted by Crippen LogP contribution is -2.08. The van der Waals surface area contributed by atoms with Crippen molar-refractivity contribution in [3.63, 3.8) is 0 Å². The van der Waals surface area contributed by atoms with Crippen LogP contribution in [-0.2, 0) is 11.0 Å². The van der Waals surface area contributed by atoms with Gasteiger partial charge in [0.25, 0.3) is 0 Å². The zero-order valence-corrected chi connectivity index (χ0v) is 11.3. The Morgan fingerprint density at radius 2 is 2.15 bits per heavy atom. The first-order chi connectivity index (χ1) is 9.40. The zero-order valence-electron chi connectivity index (χ0n) is 10.5. The van der Waals surface area contributed by atoms with E-state index in [-0.39, 0.29) is 5.91 Å². The van der Waals surface area contributed by atoms with E-state index in [2.05, 4.69) is 10.3 Å². The average molecular weight is 300 g/mol. The normalized spacial score (nSPS) is 11.4. The van der Waals surface area contributed by atoms with E-state index < -0.39 is 11.7 Å². The van der Waals surface area contributed by atoms with Crippen LogP contribution in [0, 0.1) is 0 Å². The number of amides is 1.